The molecule has 1 aliphatic rings. The fourth-order valence-electron chi connectivity index (χ4n) is 9.96. The number of allylic oxidation sites excluding steroid dienone is 6. The zero-order chi connectivity index (χ0) is 46.1. The largest absolute Gasteiger partial charge is 0.398 e. The van der Waals surface area contributed by atoms with E-state index < -0.39 is 0 Å². The van der Waals surface area contributed by atoms with E-state index in [4.69, 9.17) is 15.7 Å². The first-order valence-corrected chi connectivity index (χ1v) is 23.0. The summed E-state index contributed by atoms with van der Waals surface area (Å²) in [6.07, 6.45) is 18.0. The molecule has 0 aliphatic heterocycles. The van der Waals surface area contributed by atoms with Crippen LogP contribution < -0.4 is 5.73 Å². The van der Waals surface area contributed by atoms with Gasteiger partial charge in [-0.1, -0.05) is 122 Å². The van der Waals surface area contributed by atoms with Gasteiger partial charge in [0.15, 0.2) is 0 Å². The highest BCUT2D eigenvalue weighted by molar-refractivity contribution is 6.10. The molecule has 0 radical (unpaired) electrons. The molecule has 0 atom stereocenters. The van der Waals surface area contributed by atoms with Gasteiger partial charge in [-0.2, -0.15) is 0 Å². The van der Waals surface area contributed by atoms with E-state index in [0.717, 1.165) is 101 Å². The lowest BCUT2D eigenvalue weighted by Gasteiger charge is -2.14. The van der Waals surface area contributed by atoms with E-state index in [9.17, 15) is 0 Å². The fourth-order valence-corrected chi connectivity index (χ4v) is 9.96. The first-order chi connectivity index (χ1) is 33.6. The first kappa shape index (κ1) is 41.8. The number of hydrogen-bond acceptors (Lipinski definition) is 4. The molecule has 6 heteroatoms. The molecule has 2 N–H and O–H groups in total. The quantitative estimate of drug-likeness (QED) is 0.154. The highest BCUT2D eigenvalue weighted by atomic mass is 15.0. The summed E-state index contributed by atoms with van der Waals surface area (Å²) >= 11 is 0. The van der Waals surface area contributed by atoms with Crippen LogP contribution in [0.15, 0.2) is 225 Å². The number of hydrogen-bond donors (Lipinski definition) is 1. The Kier molecular flexibility index (Phi) is 11.0. The van der Waals surface area contributed by atoms with Crippen LogP contribution in [0.5, 0.6) is 0 Å². The van der Waals surface area contributed by atoms with Crippen molar-refractivity contribution >= 4 is 49.6 Å². The Morgan fingerprint density at radius 3 is 1.85 bits per heavy atom. The van der Waals surface area contributed by atoms with E-state index in [1.165, 1.54) is 27.9 Å². The summed E-state index contributed by atoms with van der Waals surface area (Å²) in [5.41, 5.74) is 28.6. The number of rotatable bonds is 8. The molecule has 0 spiro atoms. The molecule has 0 saturated heterocycles. The van der Waals surface area contributed by atoms with Crippen molar-refractivity contribution in [3.63, 3.8) is 0 Å². The van der Waals surface area contributed by atoms with Crippen LogP contribution in [0.2, 0.25) is 0 Å². The first-order valence-electron chi connectivity index (χ1n) is 23.0. The zero-order valence-corrected chi connectivity index (χ0v) is 38.0. The van der Waals surface area contributed by atoms with E-state index in [0.29, 0.717) is 0 Å². The maximum atomic E-state index is 6.60. The van der Waals surface area contributed by atoms with Crippen molar-refractivity contribution in [3.8, 4) is 56.0 Å². The van der Waals surface area contributed by atoms with E-state index in [1.807, 2.05) is 93.1 Å². The summed E-state index contributed by atoms with van der Waals surface area (Å²) in [6.45, 7) is 7.42. The molecular weight excluding hydrogens is 829 g/mol. The summed E-state index contributed by atoms with van der Waals surface area (Å²) in [7, 11) is 0. The molecule has 0 bridgehead atoms. The number of pyridine rings is 3. The summed E-state index contributed by atoms with van der Waals surface area (Å²) in [4.78, 5) is 14.6. The van der Waals surface area contributed by atoms with E-state index in [1.54, 1.807) is 6.08 Å². The highest BCUT2D eigenvalue weighted by Crippen LogP contribution is 2.45. The Morgan fingerprint density at radius 1 is 0.529 bits per heavy atom. The monoisotopic (exact) mass is 876 g/mol. The molecule has 5 aromatic heterocycles. The lowest BCUT2D eigenvalue weighted by Crippen LogP contribution is -1.99. The maximum Gasteiger partial charge on any atom is 0.0963 e. The average molecular weight is 877 g/mol. The number of fused-ring (bicyclic) bond motifs is 9. The van der Waals surface area contributed by atoms with Gasteiger partial charge in [0.1, 0.15) is 0 Å². The van der Waals surface area contributed by atoms with Crippen LogP contribution in [0.4, 0.5) is 0 Å². The minimum atomic E-state index is 0.730. The van der Waals surface area contributed by atoms with Crippen LogP contribution in [-0.2, 0) is 6.42 Å². The van der Waals surface area contributed by atoms with E-state index in [2.05, 4.69) is 154 Å². The van der Waals surface area contributed by atoms with Gasteiger partial charge < -0.3 is 14.9 Å². The topological polar surface area (TPSA) is 74.5 Å². The second-order valence-corrected chi connectivity index (χ2v) is 16.9. The zero-order valence-electron chi connectivity index (χ0n) is 38.0. The van der Waals surface area contributed by atoms with Crippen molar-refractivity contribution < 1.29 is 0 Å². The highest BCUT2D eigenvalue weighted by Gasteiger charge is 2.26. The molecule has 0 unspecified atom stereocenters. The van der Waals surface area contributed by atoms with Crippen LogP contribution in [0.1, 0.15) is 30.5 Å². The number of aromatic nitrogens is 5. The van der Waals surface area contributed by atoms with Crippen molar-refractivity contribution in [2.45, 2.75) is 20.3 Å². The van der Waals surface area contributed by atoms with Crippen LogP contribution >= 0.6 is 0 Å². The second-order valence-electron chi connectivity index (χ2n) is 16.9. The Bertz CT molecular complexity index is 3830. The molecule has 11 aromatic rings. The smallest absolute Gasteiger partial charge is 0.0963 e. The minimum Gasteiger partial charge on any atom is -0.398 e. The Hall–Kier alpha value is -8.87. The van der Waals surface area contributed by atoms with Gasteiger partial charge in [0.25, 0.3) is 0 Å². The van der Waals surface area contributed by atoms with Crippen LogP contribution in [-0.4, -0.2) is 24.1 Å². The molecule has 0 amide bonds. The maximum absolute atomic E-state index is 6.60. The van der Waals surface area contributed by atoms with Crippen molar-refractivity contribution in [1.29, 1.82) is 0 Å². The summed E-state index contributed by atoms with van der Waals surface area (Å²) in [5, 5.41) is 2.22. The molecule has 68 heavy (non-hydrogen) atoms. The van der Waals surface area contributed by atoms with Crippen molar-refractivity contribution in [2.75, 3.05) is 0 Å². The third-order valence-corrected chi connectivity index (χ3v) is 13.0. The van der Waals surface area contributed by atoms with Gasteiger partial charge >= 0.3 is 0 Å². The van der Waals surface area contributed by atoms with E-state index in [-0.39, 0.29) is 0 Å². The molecule has 0 fully saturated rings. The normalized spacial score (nSPS) is 12.3. The van der Waals surface area contributed by atoms with Crippen LogP contribution in [0, 0.1) is 0 Å². The van der Waals surface area contributed by atoms with E-state index >= 15 is 0 Å². The molecule has 6 aromatic carbocycles. The lowest BCUT2D eigenvalue weighted by molar-refractivity contribution is 1.12. The average Bonchev–Trinajstić information content (AvgIpc) is 4.05. The van der Waals surface area contributed by atoms with Crippen molar-refractivity contribution in [1.82, 2.24) is 24.1 Å². The summed E-state index contributed by atoms with van der Waals surface area (Å²) < 4.78 is 4.77. The van der Waals surface area contributed by atoms with Crippen LogP contribution in [0.3, 0.4) is 0 Å². The molecule has 5 heterocycles. The Balaban J connectivity index is 0.000000966. The Morgan fingerprint density at radius 2 is 1.16 bits per heavy atom. The molecule has 1 aliphatic carbocycles. The van der Waals surface area contributed by atoms with Gasteiger partial charge in [-0.3, -0.25) is 15.0 Å². The van der Waals surface area contributed by atoms with Gasteiger partial charge in [-0.05, 0) is 143 Å². The second kappa shape index (κ2) is 17.8. The SMILES string of the molecule is C/C=C\C=C(/N)c1ccccc1-c1ccc2c(c1)c1ncccc1n2-c1ccc2c(c1)-c1cccc(-n3c4ccc(-c5ccccc5-c5ccccn5)cc4c4ncccc43)c1C2.C=C/C=C\C. The van der Waals surface area contributed by atoms with Crippen molar-refractivity contribution in [2.24, 2.45) is 5.73 Å². The predicted molar refractivity (Wildman–Crippen MR) is 285 cm³/mol. The van der Waals surface area contributed by atoms with Gasteiger partial charge in [-0.15, -0.1) is 0 Å². The van der Waals surface area contributed by atoms with Gasteiger partial charge in [0.2, 0.25) is 0 Å². The predicted octanol–water partition coefficient (Wildman–Crippen LogP) is 15.3. The number of nitrogens with two attached hydrogens (primary N) is 1. The third kappa shape index (κ3) is 7.20. The summed E-state index contributed by atoms with van der Waals surface area (Å²) in [6, 6.07) is 58.5. The van der Waals surface area contributed by atoms with Crippen molar-refractivity contribution in [3.05, 3.63) is 242 Å². The van der Waals surface area contributed by atoms with Gasteiger partial charge in [0.05, 0.1) is 44.5 Å². The summed E-state index contributed by atoms with van der Waals surface area (Å²) in [5.74, 6) is 0. The van der Waals surface area contributed by atoms with Gasteiger partial charge in [-0.25, -0.2) is 0 Å². The molecular formula is C62H48N6. The number of benzene rings is 6. The van der Waals surface area contributed by atoms with Crippen LogP contribution in [0.25, 0.3) is 106 Å². The lowest BCUT2D eigenvalue weighted by atomic mass is 9.96. The minimum absolute atomic E-state index is 0.730. The number of nitrogens with zero attached hydrogens (tertiary/aromatic N) is 5. The Labute approximate surface area is 396 Å². The van der Waals surface area contributed by atoms with Gasteiger partial charge in [0, 0.05) is 58.3 Å². The molecule has 12 rings (SSSR count). The fraction of sp³-hybridized carbons (Fsp3) is 0.0484. The third-order valence-electron chi connectivity index (χ3n) is 13.0. The standard InChI is InChI=1S/C57H40N6.C5H8/c1-2-3-18-49(58)43-15-6-4-13-40(43)36-24-27-52-47(33-36)56-54(21-11-30-60-56)62(52)39-26-23-38-32-46-42(45(38)35-39)17-10-20-51(46)63-53-28-25-37(34-48(53)57-55(63)22-12-31-61-57)41-14-5-7-16-44(41)50-19-8-9-29-59-50;1-3-5-4-2/h2-31,33-35H,32,58H2,1H3;3-5H,1H2,2H3/b3-2-,49-18-;5-4-. The molecule has 326 valence electrons. The molecule has 6 nitrogen and oxygen atoms in total. The molecule has 0 saturated carbocycles.